The highest BCUT2D eigenvalue weighted by Crippen LogP contribution is 2.39. The minimum absolute atomic E-state index is 0.0392. The second kappa shape index (κ2) is 7.81. The average Bonchev–Trinajstić information content (AvgIpc) is 2.41. The second-order valence-electron chi connectivity index (χ2n) is 7.53. The number of carbonyl (C=O) groups excluding carboxylic acids is 1. The van der Waals surface area contributed by atoms with Crippen LogP contribution in [0.3, 0.4) is 0 Å². The standard InChI is InChI=1S/C17H31NO3/c1-5-12(10-15(19)20)11-18-16(21)13-6-8-14(9-7-13)17(2,3)4/h12-14H,5-11H2,1-4H3,(H,18,21)(H,19,20). The van der Waals surface area contributed by atoms with E-state index in [0.717, 1.165) is 32.1 Å². The fraction of sp³-hybridized carbons (Fsp3) is 0.882. The molecule has 1 atom stereocenters. The fourth-order valence-corrected chi connectivity index (χ4v) is 3.22. The summed E-state index contributed by atoms with van der Waals surface area (Å²) in [6.45, 7) is 9.27. The zero-order valence-electron chi connectivity index (χ0n) is 13.9. The number of nitrogens with one attached hydrogen (secondary N) is 1. The van der Waals surface area contributed by atoms with Gasteiger partial charge in [0, 0.05) is 18.9 Å². The van der Waals surface area contributed by atoms with E-state index in [4.69, 9.17) is 5.11 Å². The van der Waals surface area contributed by atoms with Crippen LogP contribution in [0.5, 0.6) is 0 Å². The number of aliphatic carboxylic acids is 1. The zero-order chi connectivity index (χ0) is 16.0. The number of carbonyl (C=O) groups is 2. The molecule has 1 fully saturated rings. The first-order chi connectivity index (χ1) is 9.74. The van der Waals surface area contributed by atoms with Crippen LogP contribution in [0.1, 0.15) is 66.2 Å². The van der Waals surface area contributed by atoms with Crippen molar-refractivity contribution < 1.29 is 14.7 Å². The van der Waals surface area contributed by atoms with Crippen molar-refractivity contribution in [2.45, 2.75) is 66.2 Å². The highest BCUT2D eigenvalue weighted by molar-refractivity contribution is 5.78. The Morgan fingerprint density at radius 1 is 1.19 bits per heavy atom. The van der Waals surface area contributed by atoms with E-state index >= 15 is 0 Å². The molecule has 4 heteroatoms. The van der Waals surface area contributed by atoms with Crippen molar-refractivity contribution in [2.75, 3.05) is 6.54 Å². The molecule has 1 aliphatic carbocycles. The number of rotatable bonds is 6. The van der Waals surface area contributed by atoms with Gasteiger partial charge in [0.25, 0.3) is 0 Å². The third kappa shape index (κ3) is 6.06. The molecule has 0 radical (unpaired) electrons. The molecular formula is C17H31NO3. The van der Waals surface area contributed by atoms with Crippen molar-refractivity contribution in [1.82, 2.24) is 5.32 Å². The lowest BCUT2D eigenvalue weighted by atomic mass is 9.69. The van der Waals surface area contributed by atoms with Crippen molar-refractivity contribution in [3.63, 3.8) is 0 Å². The third-order valence-corrected chi connectivity index (χ3v) is 4.93. The van der Waals surface area contributed by atoms with Crippen LogP contribution in [0.15, 0.2) is 0 Å². The number of carboxylic acid groups (broad SMARTS) is 1. The normalized spacial score (nSPS) is 24.4. The molecule has 2 N–H and O–H groups in total. The lowest BCUT2D eigenvalue weighted by molar-refractivity contribution is -0.138. The van der Waals surface area contributed by atoms with Crippen LogP contribution in [-0.2, 0) is 9.59 Å². The first-order valence-electron chi connectivity index (χ1n) is 8.23. The molecule has 1 unspecified atom stereocenters. The summed E-state index contributed by atoms with van der Waals surface area (Å²) >= 11 is 0. The Balaban J connectivity index is 2.35. The van der Waals surface area contributed by atoms with Gasteiger partial charge in [-0.3, -0.25) is 9.59 Å². The second-order valence-corrected chi connectivity index (χ2v) is 7.53. The topological polar surface area (TPSA) is 66.4 Å². The zero-order valence-corrected chi connectivity index (χ0v) is 13.9. The summed E-state index contributed by atoms with van der Waals surface area (Å²) in [6.07, 6.45) is 5.08. The summed E-state index contributed by atoms with van der Waals surface area (Å²) in [4.78, 5) is 22.9. The third-order valence-electron chi connectivity index (χ3n) is 4.93. The fourth-order valence-electron chi connectivity index (χ4n) is 3.22. The predicted octanol–water partition coefficient (Wildman–Crippen LogP) is 3.46. The van der Waals surface area contributed by atoms with Crippen LogP contribution in [0.4, 0.5) is 0 Å². The first-order valence-corrected chi connectivity index (χ1v) is 8.23. The van der Waals surface area contributed by atoms with E-state index in [1.807, 2.05) is 6.92 Å². The van der Waals surface area contributed by atoms with Crippen molar-refractivity contribution in [1.29, 1.82) is 0 Å². The molecule has 0 bridgehead atoms. The first kappa shape index (κ1) is 18.0. The molecule has 1 amide bonds. The quantitative estimate of drug-likeness (QED) is 0.789. The molecule has 1 saturated carbocycles. The van der Waals surface area contributed by atoms with Crippen LogP contribution in [-0.4, -0.2) is 23.5 Å². The van der Waals surface area contributed by atoms with Crippen LogP contribution < -0.4 is 5.32 Å². The molecule has 1 rings (SSSR count). The molecule has 122 valence electrons. The maximum Gasteiger partial charge on any atom is 0.303 e. The smallest absolute Gasteiger partial charge is 0.303 e. The maximum absolute atomic E-state index is 12.2. The maximum atomic E-state index is 12.2. The van der Waals surface area contributed by atoms with Crippen LogP contribution in [0.2, 0.25) is 0 Å². The van der Waals surface area contributed by atoms with Gasteiger partial charge in [-0.1, -0.05) is 34.1 Å². The Morgan fingerprint density at radius 3 is 2.19 bits per heavy atom. The number of hydrogen-bond donors (Lipinski definition) is 2. The van der Waals surface area contributed by atoms with Gasteiger partial charge in [0.05, 0.1) is 0 Å². The Morgan fingerprint density at radius 2 is 1.76 bits per heavy atom. The summed E-state index contributed by atoms with van der Waals surface area (Å²) in [6, 6.07) is 0. The van der Waals surface area contributed by atoms with Crippen molar-refractivity contribution >= 4 is 11.9 Å². The van der Waals surface area contributed by atoms with Crippen LogP contribution in [0.25, 0.3) is 0 Å². The number of carboxylic acids is 1. The lowest BCUT2D eigenvalue weighted by Gasteiger charge is -2.36. The van der Waals surface area contributed by atoms with E-state index in [9.17, 15) is 9.59 Å². The van der Waals surface area contributed by atoms with Gasteiger partial charge in [-0.2, -0.15) is 0 Å². The molecule has 0 heterocycles. The molecule has 0 aromatic rings. The van der Waals surface area contributed by atoms with Gasteiger partial charge >= 0.3 is 5.97 Å². The van der Waals surface area contributed by atoms with Crippen molar-refractivity contribution in [3.05, 3.63) is 0 Å². The minimum Gasteiger partial charge on any atom is -0.481 e. The molecule has 0 aromatic carbocycles. The van der Waals surface area contributed by atoms with Gasteiger partial charge in [-0.05, 0) is 42.9 Å². The molecule has 1 aliphatic rings. The molecule has 4 nitrogen and oxygen atoms in total. The van der Waals surface area contributed by atoms with Gasteiger partial charge < -0.3 is 10.4 Å². The highest BCUT2D eigenvalue weighted by atomic mass is 16.4. The van der Waals surface area contributed by atoms with Crippen molar-refractivity contribution in [2.24, 2.45) is 23.2 Å². The van der Waals surface area contributed by atoms with Crippen LogP contribution >= 0.6 is 0 Å². The number of amides is 1. The Bertz CT molecular complexity index is 352. The molecule has 0 aliphatic heterocycles. The molecule has 0 aromatic heterocycles. The van der Waals surface area contributed by atoms with Gasteiger partial charge in [0.2, 0.25) is 5.91 Å². The van der Waals surface area contributed by atoms with Gasteiger partial charge in [0.1, 0.15) is 0 Å². The minimum atomic E-state index is -0.790. The number of hydrogen-bond acceptors (Lipinski definition) is 2. The Kier molecular flexibility index (Phi) is 6.69. The van der Waals surface area contributed by atoms with E-state index in [1.54, 1.807) is 0 Å². The molecule has 0 saturated heterocycles. The van der Waals surface area contributed by atoms with Crippen LogP contribution in [0, 0.1) is 23.2 Å². The van der Waals surface area contributed by atoms with Gasteiger partial charge in [-0.25, -0.2) is 0 Å². The lowest BCUT2D eigenvalue weighted by Crippen LogP contribution is -2.37. The SMILES string of the molecule is CCC(CNC(=O)C1CCC(C(C)(C)C)CC1)CC(=O)O. The summed E-state index contributed by atoms with van der Waals surface area (Å²) < 4.78 is 0. The van der Waals surface area contributed by atoms with E-state index in [2.05, 4.69) is 26.1 Å². The van der Waals surface area contributed by atoms with E-state index in [0.29, 0.717) is 17.9 Å². The average molecular weight is 297 g/mol. The van der Waals surface area contributed by atoms with E-state index in [-0.39, 0.29) is 24.2 Å². The summed E-state index contributed by atoms with van der Waals surface area (Å²) in [5.74, 6) is 0.188. The molecule has 21 heavy (non-hydrogen) atoms. The summed E-state index contributed by atoms with van der Waals surface area (Å²) in [5.41, 5.74) is 0.330. The predicted molar refractivity (Wildman–Crippen MR) is 83.9 cm³/mol. The van der Waals surface area contributed by atoms with E-state index < -0.39 is 5.97 Å². The largest absolute Gasteiger partial charge is 0.481 e. The van der Waals surface area contributed by atoms with E-state index in [1.165, 1.54) is 0 Å². The Labute approximate surface area is 128 Å². The molecule has 0 spiro atoms. The van der Waals surface area contributed by atoms with Crippen molar-refractivity contribution in [3.8, 4) is 0 Å². The van der Waals surface area contributed by atoms with Gasteiger partial charge in [-0.15, -0.1) is 0 Å². The molecular weight excluding hydrogens is 266 g/mol. The Hall–Kier alpha value is -1.06. The monoisotopic (exact) mass is 297 g/mol. The summed E-state index contributed by atoms with van der Waals surface area (Å²) in [7, 11) is 0. The summed E-state index contributed by atoms with van der Waals surface area (Å²) in [5, 5.41) is 11.8. The highest BCUT2D eigenvalue weighted by Gasteiger charge is 2.32. The van der Waals surface area contributed by atoms with Gasteiger partial charge in [0.15, 0.2) is 0 Å².